The van der Waals surface area contributed by atoms with E-state index in [1.165, 1.54) is 6.07 Å². The van der Waals surface area contributed by atoms with Gasteiger partial charge in [0.15, 0.2) is 0 Å². The van der Waals surface area contributed by atoms with Gasteiger partial charge in [0, 0.05) is 6.54 Å². The molecule has 0 saturated carbocycles. The quantitative estimate of drug-likeness (QED) is 0.805. The van der Waals surface area contributed by atoms with Crippen molar-refractivity contribution in [3.05, 3.63) is 35.1 Å². The summed E-state index contributed by atoms with van der Waals surface area (Å²) in [5.41, 5.74) is 1.87. The summed E-state index contributed by atoms with van der Waals surface area (Å²) in [7, 11) is 0. The Bertz CT molecular complexity index is 334. The zero-order valence-corrected chi connectivity index (χ0v) is 10.7. The molecule has 0 aliphatic carbocycles. The van der Waals surface area contributed by atoms with E-state index >= 15 is 0 Å². The van der Waals surface area contributed by atoms with E-state index in [-0.39, 0.29) is 5.82 Å². The third-order valence-electron chi connectivity index (χ3n) is 3.16. The predicted octanol–water partition coefficient (Wildman–Crippen LogP) is 3.52. The SMILES string of the molecule is Cc1cc(CNCC(C)C(C)C)ccc1F. The Hall–Kier alpha value is -0.890. The molecule has 1 atom stereocenters. The topological polar surface area (TPSA) is 12.0 Å². The predicted molar refractivity (Wildman–Crippen MR) is 66.8 cm³/mol. The van der Waals surface area contributed by atoms with E-state index in [0.29, 0.717) is 11.8 Å². The molecular weight excluding hydrogens is 201 g/mol. The first-order chi connectivity index (χ1) is 7.50. The Kier molecular flexibility index (Phi) is 4.94. The van der Waals surface area contributed by atoms with Gasteiger partial charge in [-0.1, -0.05) is 32.9 Å². The third kappa shape index (κ3) is 3.93. The summed E-state index contributed by atoms with van der Waals surface area (Å²) in [5.74, 6) is 1.24. The molecule has 90 valence electrons. The second kappa shape index (κ2) is 6.00. The van der Waals surface area contributed by atoms with Crippen LogP contribution in [0.1, 0.15) is 31.9 Å². The van der Waals surface area contributed by atoms with Gasteiger partial charge in [-0.2, -0.15) is 0 Å². The van der Waals surface area contributed by atoms with Crippen molar-refractivity contribution in [3.8, 4) is 0 Å². The molecule has 1 aromatic carbocycles. The molecule has 0 aromatic heterocycles. The Labute approximate surface area is 98.1 Å². The van der Waals surface area contributed by atoms with E-state index in [4.69, 9.17) is 0 Å². The monoisotopic (exact) mass is 223 g/mol. The molecule has 1 nitrogen and oxygen atoms in total. The lowest BCUT2D eigenvalue weighted by Gasteiger charge is -2.16. The average Bonchev–Trinajstić information content (AvgIpc) is 2.23. The van der Waals surface area contributed by atoms with Crippen molar-refractivity contribution < 1.29 is 4.39 Å². The largest absolute Gasteiger partial charge is 0.312 e. The molecule has 1 aromatic rings. The van der Waals surface area contributed by atoms with Gasteiger partial charge in [0.2, 0.25) is 0 Å². The highest BCUT2D eigenvalue weighted by Crippen LogP contribution is 2.10. The lowest BCUT2D eigenvalue weighted by molar-refractivity contribution is 0.392. The third-order valence-corrected chi connectivity index (χ3v) is 3.16. The van der Waals surface area contributed by atoms with E-state index in [9.17, 15) is 4.39 Å². The van der Waals surface area contributed by atoms with Crippen LogP contribution in [0.5, 0.6) is 0 Å². The van der Waals surface area contributed by atoms with E-state index in [1.54, 1.807) is 6.92 Å². The van der Waals surface area contributed by atoms with Crippen molar-refractivity contribution in [1.29, 1.82) is 0 Å². The molecule has 16 heavy (non-hydrogen) atoms. The Morgan fingerprint density at radius 3 is 2.50 bits per heavy atom. The van der Waals surface area contributed by atoms with Crippen LogP contribution >= 0.6 is 0 Å². The maximum atomic E-state index is 13.0. The van der Waals surface area contributed by atoms with Gasteiger partial charge in [-0.3, -0.25) is 0 Å². The number of benzene rings is 1. The number of aryl methyl sites for hydroxylation is 1. The van der Waals surface area contributed by atoms with Crippen LogP contribution in [0.25, 0.3) is 0 Å². The highest BCUT2D eigenvalue weighted by atomic mass is 19.1. The van der Waals surface area contributed by atoms with Gasteiger partial charge in [0.25, 0.3) is 0 Å². The molecular formula is C14H22FN. The van der Waals surface area contributed by atoms with Crippen molar-refractivity contribution in [2.75, 3.05) is 6.54 Å². The van der Waals surface area contributed by atoms with Crippen LogP contribution in [0.15, 0.2) is 18.2 Å². The maximum absolute atomic E-state index is 13.0. The molecule has 0 heterocycles. The standard InChI is InChI=1S/C14H22FN/c1-10(2)12(4)8-16-9-13-5-6-14(15)11(3)7-13/h5-7,10,12,16H,8-9H2,1-4H3. The Morgan fingerprint density at radius 1 is 1.25 bits per heavy atom. The molecule has 0 radical (unpaired) electrons. The summed E-state index contributed by atoms with van der Waals surface area (Å²) in [4.78, 5) is 0. The minimum Gasteiger partial charge on any atom is -0.312 e. The van der Waals surface area contributed by atoms with Crippen LogP contribution in [0.4, 0.5) is 4.39 Å². The zero-order valence-electron chi connectivity index (χ0n) is 10.7. The molecule has 0 bridgehead atoms. The van der Waals surface area contributed by atoms with E-state index in [1.807, 2.05) is 12.1 Å². The summed E-state index contributed by atoms with van der Waals surface area (Å²) >= 11 is 0. The summed E-state index contributed by atoms with van der Waals surface area (Å²) in [6.07, 6.45) is 0. The molecule has 1 rings (SSSR count). The first-order valence-electron chi connectivity index (χ1n) is 5.96. The number of nitrogens with one attached hydrogen (secondary N) is 1. The minimum atomic E-state index is -0.126. The average molecular weight is 223 g/mol. The van der Waals surface area contributed by atoms with Gasteiger partial charge in [0.05, 0.1) is 0 Å². The van der Waals surface area contributed by atoms with Crippen molar-refractivity contribution in [3.63, 3.8) is 0 Å². The fourth-order valence-corrected chi connectivity index (χ4v) is 1.50. The molecule has 0 fully saturated rings. The summed E-state index contributed by atoms with van der Waals surface area (Å²) in [5, 5.41) is 3.41. The van der Waals surface area contributed by atoms with Crippen LogP contribution in [0.2, 0.25) is 0 Å². The van der Waals surface area contributed by atoms with E-state index < -0.39 is 0 Å². The number of hydrogen-bond donors (Lipinski definition) is 1. The lowest BCUT2D eigenvalue weighted by Crippen LogP contribution is -2.23. The second-order valence-corrected chi connectivity index (χ2v) is 4.94. The number of halogens is 1. The molecule has 0 spiro atoms. The lowest BCUT2D eigenvalue weighted by atomic mass is 9.98. The fraction of sp³-hybridized carbons (Fsp3) is 0.571. The second-order valence-electron chi connectivity index (χ2n) is 4.94. The van der Waals surface area contributed by atoms with Crippen LogP contribution in [0.3, 0.4) is 0 Å². The number of rotatable bonds is 5. The normalized spacial score (nSPS) is 13.1. The molecule has 0 aliphatic rings. The van der Waals surface area contributed by atoms with Crippen LogP contribution in [0, 0.1) is 24.6 Å². The van der Waals surface area contributed by atoms with Crippen LogP contribution in [-0.2, 0) is 6.54 Å². The fourth-order valence-electron chi connectivity index (χ4n) is 1.50. The summed E-state index contributed by atoms with van der Waals surface area (Å²) in [6, 6.07) is 5.29. The molecule has 0 saturated heterocycles. The summed E-state index contributed by atoms with van der Waals surface area (Å²) in [6.45, 7) is 10.3. The van der Waals surface area contributed by atoms with Crippen molar-refractivity contribution in [1.82, 2.24) is 5.32 Å². The highest BCUT2D eigenvalue weighted by Gasteiger charge is 2.06. The van der Waals surface area contributed by atoms with E-state index in [0.717, 1.165) is 24.2 Å². The van der Waals surface area contributed by atoms with Gasteiger partial charge < -0.3 is 5.32 Å². The first kappa shape index (κ1) is 13.2. The van der Waals surface area contributed by atoms with Crippen molar-refractivity contribution in [2.45, 2.75) is 34.2 Å². The van der Waals surface area contributed by atoms with Gasteiger partial charge in [-0.25, -0.2) is 4.39 Å². The minimum absolute atomic E-state index is 0.126. The maximum Gasteiger partial charge on any atom is 0.126 e. The molecule has 1 unspecified atom stereocenters. The van der Waals surface area contributed by atoms with Crippen molar-refractivity contribution >= 4 is 0 Å². The molecule has 1 N–H and O–H groups in total. The molecule has 2 heteroatoms. The van der Waals surface area contributed by atoms with Gasteiger partial charge in [0.1, 0.15) is 5.82 Å². The Balaban J connectivity index is 2.40. The Morgan fingerprint density at radius 2 is 1.94 bits per heavy atom. The highest BCUT2D eigenvalue weighted by molar-refractivity contribution is 5.23. The number of hydrogen-bond acceptors (Lipinski definition) is 1. The smallest absolute Gasteiger partial charge is 0.126 e. The molecule has 0 amide bonds. The van der Waals surface area contributed by atoms with Gasteiger partial charge >= 0.3 is 0 Å². The van der Waals surface area contributed by atoms with E-state index in [2.05, 4.69) is 26.1 Å². The first-order valence-corrected chi connectivity index (χ1v) is 5.96. The zero-order chi connectivity index (χ0) is 12.1. The van der Waals surface area contributed by atoms with Crippen LogP contribution in [-0.4, -0.2) is 6.54 Å². The molecule has 0 aliphatic heterocycles. The van der Waals surface area contributed by atoms with Crippen molar-refractivity contribution in [2.24, 2.45) is 11.8 Å². The van der Waals surface area contributed by atoms with Crippen LogP contribution < -0.4 is 5.32 Å². The van der Waals surface area contributed by atoms with Gasteiger partial charge in [-0.05, 0) is 42.5 Å². The summed E-state index contributed by atoms with van der Waals surface area (Å²) < 4.78 is 13.0. The van der Waals surface area contributed by atoms with Gasteiger partial charge in [-0.15, -0.1) is 0 Å².